The normalized spacial score (nSPS) is 19.4. The van der Waals surface area contributed by atoms with Crippen molar-refractivity contribution in [1.82, 2.24) is 10.3 Å². The van der Waals surface area contributed by atoms with Crippen molar-refractivity contribution in [3.05, 3.63) is 22.6 Å². The third-order valence-corrected chi connectivity index (χ3v) is 3.37. The molecule has 1 aliphatic heterocycles. The number of halogens is 2. The summed E-state index contributed by atoms with van der Waals surface area (Å²) in [6.45, 7) is 4.03. The van der Waals surface area contributed by atoms with Gasteiger partial charge in [0.05, 0.1) is 0 Å². The van der Waals surface area contributed by atoms with E-state index >= 15 is 0 Å². The van der Waals surface area contributed by atoms with Gasteiger partial charge >= 0.3 is 0 Å². The summed E-state index contributed by atoms with van der Waals surface area (Å²) in [4.78, 5) is 4.06. The summed E-state index contributed by atoms with van der Waals surface area (Å²) < 4.78 is 14.3. The Kier molecular flexibility index (Phi) is 3.44. The molecule has 0 saturated carbocycles. The number of nitrogens with one attached hydrogen (secondary N) is 2. The van der Waals surface area contributed by atoms with Gasteiger partial charge in [0.15, 0.2) is 11.6 Å². The molecule has 1 saturated heterocycles. The fourth-order valence-electron chi connectivity index (χ4n) is 1.90. The van der Waals surface area contributed by atoms with E-state index in [0.717, 1.165) is 25.9 Å². The van der Waals surface area contributed by atoms with Crippen molar-refractivity contribution in [1.29, 1.82) is 0 Å². The highest BCUT2D eigenvalue weighted by molar-refractivity contribution is 9.10. The van der Waals surface area contributed by atoms with Crippen LogP contribution in [0.4, 0.5) is 10.2 Å². The van der Waals surface area contributed by atoms with Crippen molar-refractivity contribution in [3.63, 3.8) is 0 Å². The van der Waals surface area contributed by atoms with E-state index in [9.17, 15) is 4.39 Å². The topological polar surface area (TPSA) is 37.0 Å². The quantitative estimate of drug-likeness (QED) is 0.878. The summed E-state index contributed by atoms with van der Waals surface area (Å²) in [5.41, 5.74) is -0.0626. The van der Waals surface area contributed by atoms with Crippen LogP contribution in [0, 0.1) is 5.82 Å². The van der Waals surface area contributed by atoms with Crippen molar-refractivity contribution >= 4 is 21.7 Å². The number of rotatable bonds is 2. The number of nitrogens with zero attached hydrogens (tertiary/aromatic N) is 1. The van der Waals surface area contributed by atoms with Crippen LogP contribution in [-0.4, -0.2) is 23.6 Å². The maximum absolute atomic E-state index is 13.6. The lowest BCUT2D eigenvalue weighted by molar-refractivity contribution is 0.362. The van der Waals surface area contributed by atoms with E-state index in [2.05, 4.69) is 38.5 Å². The lowest BCUT2D eigenvalue weighted by Crippen LogP contribution is -2.45. The number of piperidine rings is 1. The zero-order valence-corrected chi connectivity index (χ0v) is 10.8. The highest BCUT2D eigenvalue weighted by atomic mass is 79.9. The molecule has 0 aliphatic carbocycles. The Bertz CT molecular complexity index is 377. The molecule has 88 valence electrons. The van der Waals surface area contributed by atoms with Crippen LogP contribution in [0.15, 0.2) is 16.7 Å². The standard InChI is InChI=1S/C11H15BrFN3/c1-11(2-4-14-5-3-11)16-10-9(13)6-8(12)7-15-10/h6-7,14H,2-5H2,1H3,(H,15,16). The molecule has 2 N–H and O–H groups in total. The monoisotopic (exact) mass is 287 g/mol. The van der Waals surface area contributed by atoms with Crippen molar-refractivity contribution in [3.8, 4) is 0 Å². The predicted molar refractivity (Wildman–Crippen MR) is 66.0 cm³/mol. The minimum Gasteiger partial charge on any atom is -0.362 e. The molecule has 0 bridgehead atoms. The molecule has 3 nitrogen and oxygen atoms in total. The van der Waals surface area contributed by atoms with Gasteiger partial charge < -0.3 is 10.6 Å². The zero-order valence-electron chi connectivity index (χ0n) is 9.19. The second-order valence-electron chi connectivity index (χ2n) is 4.42. The summed E-state index contributed by atoms with van der Waals surface area (Å²) in [5, 5.41) is 6.49. The first-order chi connectivity index (χ1) is 7.59. The van der Waals surface area contributed by atoms with E-state index < -0.39 is 0 Å². The molecule has 0 spiro atoms. The van der Waals surface area contributed by atoms with E-state index in [-0.39, 0.29) is 11.4 Å². The van der Waals surface area contributed by atoms with Crippen molar-refractivity contribution in [2.45, 2.75) is 25.3 Å². The molecule has 0 aromatic carbocycles. The van der Waals surface area contributed by atoms with Crippen molar-refractivity contribution < 1.29 is 4.39 Å². The Morgan fingerprint density at radius 3 is 2.81 bits per heavy atom. The van der Waals surface area contributed by atoms with Gasteiger partial charge in [-0.05, 0) is 54.9 Å². The Labute approximate surface area is 103 Å². The number of aromatic nitrogens is 1. The number of anilines is 1. The van der Waals surface area contributed by atoms with Crippen LogP contribution < -0.4 is 10.6 Å². The SMILES string of the molecule is CC1(Nc2ncc(Br)cc2F)CCNCC1. The first-order valence-electron chi connectivity index (χ1n) is 5.39. The largest absolute Gasteiger partial charge is 0.362 e. The van der Waals surface area contributed by atoms with Crippen LogP contribution in [0.5, 0.6) is 0 Å². The summed E-state index contributed by atoms with van der Waals surface area (Å²) in [6, 6.07) is 1.43. The molecule has 5 heteroatoms. The molecule has 0 unspecified atom stereocenters. The first kappa shape index (κ1) is 11.8. The summed E-state index contributed by atoms with van der Waals surface area (Å²) in [5.74, 6) is 0.0294. The summed E-state index contributed by atoms with van der Waals surface area (Å²) in [6.07, 6.45) is 3.56. The molecule has 0 amide bonds. The number of hydrogen-bond acceptors (Lipinski definition) is 3. The molecule has 1 aliphatic rings. The lowest BCUT2D eigenvalue weighted by Gasteiger charge is -2.35. The average molecular weight is 288 g/mol. The van der Waals surface area contributed by atoms with Gasteiger partial charge in [-0.15, -0.1) is 0 Å². The van der Waals surface area contributed by atoms with Crippen LogP contribution in [0.1, 0.15) is 19.8 Å². The van der Waals surface area contributed by atoms with E-state index in [1.54, 1.807) is 6.20 Å². The van der Waals surface area contributed by atoms with Crippen LogP contribution in [0.2, 0.25) is 0 Å². The minimum atomic E-state index is -0.311. The average Bonchev–Trinajstić information content (AvgIpc) is 2.23. The van der Waals surface area contributed by atoms with Gasteiger partial charge in [0.1, 0.15) is 0 Å². The third-order valence-electron chi connectivity index (χ3n) is 2.94. The molecule has 2 heterocycles. The first-order valence-corrected chi connectivity index (χ1v) is 6.18. The number of hydrogen-bond donors (Lipinski definition) is 2. The zero-order chi connectivity index (χ0) is 11.6. The molecule has 1 aromatic rings. The Balaban J connectivity index is 2.13. The number of pyridine rings is 1. The molecule has 1 fully saturated rings. The molecular formula is C11H15BrFN3. The fraction of sp³-hybridized carbons (Fsp3) is 0.545. The molecule has 0 atom stereocenters. The second kappa shape index (κ2) is 4.67. The molecule has 2 rings (SSSR count). The highest BCUT2D eigenvalue weighted by Gasteiger charge is 2.27. The van der Waals surface area contributed by atoms with Gasteiger partial charge in [-0.3, -0.25) is 0 Å². The van der Waals surface area contributed by atoms with Crippen LogP contribution >= 0.6 is 15.9 Å². The second-order valence-corrected chi connectivity index (χ2v) is 5.34. The van der Waals surface area contributed by atoms with Gasteiger partial charge in [0, 0.05) is 16.2 Å². The Morgan fingerprint density at radius 2 is 2.19 bits per heavy atom. The van der Waals surface area contributed by atoms with Crippen LogP contribution in [-0.2, 0) is 0 Å². The van der Waals surface area contributed by atoms with Gasteiger partial charge in [-0.25, -0.2) is 9.37 Å². The van der Waals surface area contributed by atoms with Gasteiger partial charge in [0.2, 0.25) is 0 Å². The highest BCUT2D eigenvalue weighted by Crippen LogP contribution is 2.25. The van der Waals surface area contributed by atoms with E-state index in [1.165, 1.54) is 6.07 Å². The van der Waals surface area contributed by atoms with Crippen molar-refractivity contribution in [2.75, 3.05) is 18.4 Å². The molecule has 0 radical (unpaired) electrons. The molecule has 1 aromatic heterocycles. The van der Waals surface area contributed by atoms with Gasteiger partial charge in [-0.1, -0.05) is 0 Å². The maximum Gasteiger partial charge on any atom is 0.166 e. The predicted octanol–water partition coefficient (Wildman–Crippen LogP) is 2.54. The van der Waals surface area contributed by atoms with E-state index in [0.29, 0.717) is 10.3 Å². The lowest BCUT2D eigenvalue weighted by atomic mass is 9.90. The summed E-state index contributed by atoms with van der Waals surface area (Å²) >= 11 is 3.19. The fourth-order valence-corrected chi connectivity index (χ4v) is 2.20. The van der Waals surface area contributed by atoms with Crippen LogP contribution in [0.25, 0.3) is 0 Å². The van der Waals surface area contributed by atoms with Crippen LogP contribution in [0.3, 0.4) is 0 Å². The van der Waals surface area contributed by atoms with Gasteiger partial charge in [0.25, 0.3) is 0 Å². The van der Waals surface area contributed by atoms with E-state index in [4.69, 9.17) is 0 Å². The van der Waals surface area contributed by atoms with Gasteiger partial charge in [-0.2, -0.15) is 0 Å². The van der Waals surface area contributed by atoms with E-state index in [1.807, 2.05) is 0 Å². The minimum absolute atomic E-state index is 0.0626. The Hall–Kier alpha value is -0.680. The smallest absolute Gasteiger partial charge is 0.166 e. The maximum atomic E-state index is 13.6. The molecular weight excluding hydrogens is 273 g/mol. The molecule has 16 heavy (non-hydrogen) atoms. The summed E-state index contributed by atoms with van der Waals surface area (Å²) in [7, 11) is 0. The Morgan fingerprint density at radius 1 is 1.50 bits per heavy atom. The third kappa shape index (κ3) is 2.71. The van der Waals surface area contributed by atoms with Crippen molar-refractivity contribution in [2.24, 2.45) is 0 Å².